The van der Waals surface area contributed by atoms with Gasteiger partial charge in [-0.1, -0.05) is 13.8 Å². The van der Waals surface area contributed by atoms with E-state index < -0.39 is 0 Å². The Hall–Kier alpha value is -0.900. The van der Waals surface area contributed by atoms with Gasteiger partial charge in [-0.25, -0.2) is 4.98 Å². The van der Waals surface area contributed by atoms with Crippen LogP contribution in [0.5, 0.6) is 0 Å². The lowest BCUT2D eigenvalue weighted by Gasteiger charge is -2.07. The van der Waals surface area contributed by atoms with Crippen molar-refractivity contribution in [1.82, 2.24) is 4.98 Å². The normalized spacial score (nSPS) is 10.8. The number of ether oxygens (including phenoxy) is 1. The lowest BCUT2D eigenvalue weighted by atomic mass is 10.1. The van der Waals surface area contributed by atoms with E-state index in [0.29, 0.717) is 18.8 Å². The second kappa shape index (κ2) is 6.63. The highest BCUT2D eigenvalue weighted by Crippen LogP contribution is 2.26. The Morgan fingerprint density at radius 3 is 2.75 bits per heavy atom. The van der Waals surface area contributed by atoms with Crippen LogP contribution in [0.25, 0.3) is 0 Å². The number of nitrogens with zero attached hydrogens (tertiary/aromatic N) is 1. The van der Waals surface area contributed by atoms with Crippen molar-refractivity contribution in [3.05, 3.63) is 16.1 Å². The van der Waals surface area contributed by atoms with E-state index in [2.05, 4.69) is 28.9 Å². The van der Waals surface area contributed by atoms with Crippen molar-refractivity contribution in [2.24, 2.45) is 0 Å². The zero-order valence-corrected chi connectivity index (χ0v) is 11.0. The molecule has 0 bridgehead atoms. The first-order valence-corrected chi connectivity index (χ1v) is 6.60. The highest BCUT2D eigenvalue weighted by atomic mass is 32.1. The van der Waals surface area contributed by atoms with Crippen LogP contribution in [0.1, 0.15) is 49.7 Å². The Kier molecular flexibility index (Phi) is 5.46. The molecule has 3 nitrogen and oxygen atoms in total. The molecule has 0 aliphatic carbocycles. The second-order valence-corrected chi connectivity index (χ2v) is 4.66. The van der Waals surface area contributed by atoms with Gasteiger partial charge in [-0.2, -0.15) is 0 Å². The van der Waals surface area contributed by atoms with Crippen molar-refractivity contribution in [2.45, 2.75) is 45.4 Å². The van der Waals surface area contributed by atoms with E-state index in [4.69, 9.17) is 0 Å². The molecule has 0 aliphatic rings. The van der Waals surface area contributed by atoms with E-state index in [-0.39, 0.29) is 5.97 Å². The van der Waals surface area contributed by atoms with Gasteiger partial charge in [0.2, 0.25) is 0 Å². The largest absolute Gasteiger partial charge is 0.469 e. The third kappa shape index (κ3) is 3.59. The molecule has 0 amide bonds. The van der Waals surface area contributed by atoms with Crippen LogP contribution in [0.15, 0.2) is 5.38 Å². The quantitative estimate of drug-likeness (QED) is 0.718. The molecular weight excluding hydrogens is 222 g/mol. The molecular formula is C12H19NO2S. The molecule has 4 heteroatoms. The van der Waals surface area contributed by atoms with E-state index in [1.165, 1.54) is 12.1 Å². The Morgan fingerprint density at radius 2 is 2.19 bits per heavy atom. The third-order valence-corrected chi connectivity index (χ3v) is 3.77. The van der Waals surface area contributed by atoms with Crippen molar-refractivity contribution < 1.29 is 9.53 Å². The van der Waals surface area contributed by atoms with Crippen LogP contribution in [-0.4, -0.2) is 18.1 Å². The zero-order valence-electron chi connectivity index (χ0n) is 10.2. The summed E-state index contributed by atoms with van der Waals surface area (Å²) in [5.41, 5.74) is 1.01. The number of hydrogen-bond acceptors (Lipinski definition) is 4. The maximum Gasteiger partial charge on any atom is 0.305 e. The van der Waals surface area contributed by atoms with Gasteiger partial charge in [-0.05, 0) is 12.8 Å². The molecule has 90 valence electrons. The maximum absolute atomic E-state index is 11.0. The summed E-state index contributed by atoms with van der Waals surface area (Å²) in [4.78, 5) is 15.6. The number of carbonyl (C=O) groups is 1. The Morgan fingerprint density at radius 1 is 1.50 bits per heavy atom. The molecule has 0 N–H and O–H groups in total. The minimum atomic E-state index is -0.169. The third-order valence-electron chi connectivity index (χ3n) is 2.72. The molecule has 1 heterocycles. The number of aryl methyl sites for hydroxylation is 1. The molecule has 1 aromatic heterocycles. The van der Waals surface area contributed by atoms with Crippen molar-refractivity contribution in [2.75, 3.05) is 7.11 Å². The van der Waals surface area contributed by atoms with Crippen LogP contribution in [0, 0.1) is 0 Å². The minimum absolute atomic E-state index is 0.169. The van der Waals surface area contributed by atoms with Crippen LogP contribution < -0.4 is 0 Å². The summed E-state index contributed by atoms with van der Waals surface area (Å²) in [6.07, 6.45) is 3.35. The Bertz CT molecular complexity index is 332. The summed E-state index contributed by atoms with van der Waals surface area (Å²) in [6, 6.07) is 0. The number of esters is 1. The van der Waals surface area contributed by atoms with Gasteiger partial charge in [0.05, 0.1) is 24.2 Å². The summed E-state index contributed by atoms with van der Waals surface area (Å²) in [6.45, 7) is 4.37. The fourth-order valence-corrected chi connectivity index (χ4v) is 2.72. The predicted molar refractivity (Wildman–Crippen MR) is 65.8 cm³/mol. The average molecular weight is 241 g/mol. The number of aromatic nitrogens is 1. The molecule has 0 radical (unpaired) electrons. The fraction of sp³-hybridized carbons (Fsp3) is 0.667. The van der Waals surface area contributed by atoms with Gasteiger partial charge >= 0.3 is 5.97 Å². The van der Waals surface area contributed by atoms with Crippen molar-refractivity contribution in [1.29, 1.82) is 0 Å². The number of carbonyl (C=O) groups excluding carboxylic acids is 1. The van der Waals surface area contributed by atoms with Gasteiger partial charge in [0, 0.05) is 17.7 Å². The summed E-state index contributed by atoms with van der Waals surface area (Å²) < 4.78 is 4.61. The molecule has 0 spiro atoms. The number of hydrogen-bond donors (Lipinski definition) is 0. The molecule has 1 aromatic rings. The van der Waals surface area contributed by atoms with Crippen LogP contribution >= 0.6 is 11.3 Å². The van der Waals surface area contributed by atoms with E-state index in [1.807, 2.05) is 0 Å². The SMILES string of the molecule is CCC(CC)c1nc(CCC(=O)OC)cs1. The molecule has 16 heavy (non-hydrogen) atoms. The summed E-state index contributed by atoms with van der Waals surface area (Å²) in [7, 11) is 1.42. The summed E-state index contributed by atoms with van der Waals surface area (Å²) >= 11 is 1.70. The van der Waals surface area contributed by atoms with Crippen molar-refractivity contribution >= 4 is 17.3 Å². The number of methoxy groups -OCH3 is 1. The topological polar surface area (TPSA) is 39.2 Å². The first-order valence-electron chi connectivity index (χ1n) is 5.72. The smallest absolute Gasteiger partial charge is 0.305 e. The standard InChI is InChI=1S/C12H19NO2S/c1-4-9(5-2)12-13-10(8-16-12)6-7-11(14)15-3/h8-9H,4-7H2,1-3H3. The lowest BCUT2D eigenvalue weighted by molar-refractivity contribution is -0.140. The van der Waals surface area contributed by atoms with Gasteiger partial charge in [0.25, 0.3) is 0 Å². The molecule has 0 saturated heterocycles. The summed E-state index contributed by atoms with van der Waals surface area (Å²) in [5.74, 6) is 0.397. The van der Waals surface area contributed by atoms with Gasteiger partial charge in [-0.3, -0.25) is 4.79 Å². The molecule has 0 aromatic carbocycles. The zero-order chi connectivity index (χ0) is 12.0. The predicted octanol–water partition coefficient (Wildman–Crippen LogP) is 3.15. The van der Waals surface area contributed by atoms with Crippen LogP contribution in [0.3, 0.4) is 0 Å². The lowest BCUT2D eigenvalue weighted by Crippen LogP contribution is -2.02. The van der Waals surface area contributed by atoms with E-state index >= 15 is 0 Å². The van der Waals surface area contributed by atoms with Crippen LogP contribution in [-0.2, 0) is 16.0 Å². The number of thiazole rings is 1. The highest BCUT2D eigenvalue weighted by Gasteiger charge is 2.12. The molecule has 1 rings (SSSR count). The first kappa shape index (κ1) is 13.2. The minimum Gasteiger partial charge on any atom is -0.469 e. The molecule has 0 saturated carbocycles. The van der Waals surface area contributed by atoms with Crippen LogP contribution in [0.2, 0.25) is 0 Å². The number of rotatable bonds is 6. The van der Waals surface area contributed by atoms with Crippen molar-refractivity contribution in [3.8, 4) is 0 Å². The van der Waals surface area contributed by atoms with E-state index in [9.17, 15) is 4.79 Å². The molecule has 0 unspecified atom stereocenters. The fourth-order valence-electron chi connectivity index (χ4n) is 1.60. The van der Waals surface area contributed by atoms with Gasteiger partial charge in [-0.15, -0.1) is 11.3 Å². The van der Waals surface area contributed by atoms with Gasteiger partial charge in [0.15, 0.2) is 0 Å². The van der Waals surface area contributed by atoms with Gasteiger partial charge < -0.3 is 4.74 Å². The second-order valence-electron chi connectivity index (χ2n) is 3.77. The Balaban J connectivity index is 2.54. The van der Waals surface area contributed by atoms with E-state index in [1.54, 1.807) is 11.3 Å². The molecule has 0 fully saturated rings. The van der Waals surface area contributed by atoms with Crippen LogP contribution in [0.4, 0.5) is 0 Å². The van der Waals surface area contributed by atoms with Gasteiger partial charge in [0.1, 0.15) is 0 Å². The summed E-state index contributed by atoms with van der Waals surface area (Å²) in [5, 5.41) is 3.25. The van der Waals surface area contributed by atoms with Crippen molar-refractivity contribution in [3.63, 3.8) is 0 Å². The van der Waals surface area contributed by atoms with E-state index in [0.717, 1.165) is 18.5 Å². The maximum atomic E-state index is 11.0. The first-order chi connectivity index (χ1) is 7.71. The molecule has 0 aliphatic heterocycles. The average Bonchev–Trinajstić information content (AvgIpc) is 2.76. The monoisotopic (exact) mass is 241 g/mol. The Labute approximate surface area is 101 Å². The highest BCUT2D eigenvalue weighted by molar-refractivity contribution is 7.09. The molecule has 0 atom stereocenters.